The summed E-state index contributed by atoms with van der Waals surface area (Å²) in [7, 11) is 2.11. The first-order valence-electron chi connectivity index (χ1n) is 15.7. The molecule has 10 nitrogen and oxygen atoms in total. The van der Waals surface area contributed by atoms with Gasteiger partial charge in [0.15, 0.2) is 0 Å². The molecule has 1 aromatic heterocycles. The summed E-state index contributed by atoms with van der Waals surface area (Å²) < 4.78 is 13.9. The van der Waals surface area contributed by atoms with Gasteiger partial charge >= 0.3 is 6.03 Å². The van der Waals surface area contributed by atoms with Crippen molar-refractivity contribution in [2.24, 2.45) is 0 Å². The van der Waals surface area contributed by atoms with Crippen molar-refractivity contribution in [2.45, 2.75) is 57.3 Å². The van der Waals surface area contributed by atoms with E-state index in [1.807, 2.05) is 18.2 Å². The number of rotatable bonds is 9. The van der Waals surface area contributed by atoms with Gasteiger partial charge in [0.05, 0.1) is 16.9 Å². The van der Waals surface area contributed by atoms with Crippen LogP contribution in [0.15, 0.2) is 73.4 Å². The topological polar surface area (TPSA) is 117 Å². The molecule has 1 saturated heterocycles. The molecular formula is C35H41FN8O2. The maximum atomic E-state index is 13.9. The lowest BCUT2D eigenvalue weighted by molar-refractivity contribution is -0.111. The fraction of sp³-hybridized carbons (Fsp3) is 0.371. The molecule has 0 bridgehead atoms. The van der Waals surface area contributed by atoms with E-state index in [1.54, 1.807) is 35.4 Å². The summed E-state index contributed by atoms with van der Waals surface area (Å²) in [6, 6.07) is 17.7. The van der Waals surface area contributed by atoms with E-state index in [4.69, 9.17) is 5.26 Å². The van der Waals surface area contributed by atoms with E-state index in [0.29, 0.717) is 34.4 Å². The quantitative estimate of drug-likeness (QED) is 0.270. The van der Waals surface area contributed by atoms with Gasteiger partial charge in [-0.05, 0) is 93.8 Å². The number of amides is 3. The second-order valence-corrected chi connectivity index (χ2v) is 12.0. The largest absolute Gasteiger partial charge is 0.367 e. The number of carbonyl (C=O) groups excluding carboxylic acids is 2. The van der Waals surface area contributed by atoms with Gasteiger partial charge in [-0.25, -0.2) is 14.2 Å². The number of aromatic nitrogens is 1. The molecule has 2 heterocycles. The zero-order valence-corrected chi connectivity index (χ0v) is 26.4. The average molecular weight is 625 g/mol. The number of nitriles is 1. The normalized spacial score (nSPS) is 19.9. The van der Waals surface area contributed by atoms with Crippen molar-refractivity contribution in [2.75, 3.05) is 47.1 Å². The van der Waals surface area contributed by atoms with Crippen LogP contribution >= 0.6 is 0 Å². The zero-order valence-electron chi connectivity index (χ0n) is 26.4. The average Bonchev–Trinajstić information content (AvgIpc) is 3.06. The minimum absolute atomic E-state index is 0.114. The Hall–Kier alpha value is -4.95. The van der Waals surface area contributed by atoms with Gasteiger partial charge in [0, 0.05) is 56.2 Å². The minimum atomic E-state index is -0.359. The van der Waals surface area contributed by atoms with Gasteiger partial charge in [-0.2, -0.15) is 5.26 Å². The van der Waals surface area contributed by atoms with Crippen molar-refractivity contribution in [3.05, 3.63) is 90.4 Å². The molecule has 0 spiro atoms. The summed E-state index contributed by atoms with van der Waals surface area (Å²) >= 11 is 0. The highest BCUT2D eigenvalue weighted by Gasteiger charge is 2.31. The lowest BCUT2D eigenvalue weighted by Crippen LogP contribution is -2.50. The maximum Gasteiger partial charge on any atom is 0.322 e. The molecule has 46 heavy (non-hydrogen) atoms. The van der Waals surface area contributed by atoms with E-state index in [0.717, 1.165) is 51.0 Å². The Bertz CT molecular complexity index is 1580. The van der Waals surface area contributed by atoms with Gasteiger partial charge in [-0.15, -0.1) is 0 Å². The van der Waals surface area contributed by atoms with E-state index >= 15 is 0 Å². The highest BCUT2D eigenvalue weighted by atomic mass is 19.1. The van der Waals surface area contributed by atoms with Gasteiger partial charge in [-0.1, -0.05) is 18.7 Å². The molecule has 0 radical (unpaired) electrons. The molecule has 2 aliphatic rings. The van der Waals surface area contributed by atoms with Crippen LogP contribution in [0, 0.1) is 17.1 Å². The number of urea groups is 1. The number of carbonyl (C=O) groups is 2. The van der Waals surface area contributed by atoms with Crippen LogP contribution in [0.3, 0.4) is 0 Å². The van der Waals surface area contributed by atoms with Gasteiger partial charge in [-0.3, -0.25) is 9.69 Å². The third kappa shape index (κ3) is 8.00. The number of hydrogen-bond donors (Lipinski definition) is 3. The lowest BCUT2D eigenvalue weighted by atomic mass is 9.89. The number of pyridine rings is 1. The number of nitrogens with zero attached hydrogens (tertiary/aromatic N) is 5. The molecule has 1 aliphatic heterocycles. The monoisotopic (exact) mass is 624 g/mol. The summed E-state index contributed by atoms with van der Waals surface area (Å²) in [6.45, 7) is 8.47. The molecule has 3 N–H and O–H groups in total. The van der Waals surface area contributed by atoms with Crippen LogP contribution in [-0.4, -0.2) is 66.6 Å². The third-order valence-corrected chi connectivity index (χ3v) is 8.86. The third-order valence-electron chi connectivity index (χ3n) is 8.86. The molecule has 240 valence electrons. The van der Waals surface area contributed by atoms with Crippen LogP contribution in [0.2, 0.25) is 0 Å². The fourth-order valence-corrected chi connectivity index (χ4v) is 6.14. The standard InChI is InChI=1S/C35H41FN8O2/c1-4-34(45)41-31-19-30(13-14-32(31)43-17-16-42(3)24(2)23-43)44(35(46)39-21-25-6-5-7-27(36)18-25)29-11-9-28(10-12-29)40-33-15-8-26(20-37)22-38-33/h4-8,13-15,18-19,22,24,28-29H,1,9-12,16-17,21,23H2,2-3H3,(H,38,40)(H,39,46)(H,41,45). The molecule has 1 atom stereocenters. The second-order valence-electron chi connectivity index (χ2n) is 12.0. The molecule has 2 fully saturated rings. The number of hydrogen-bond acceptors (Lipinski definition) is 7. The summed E-state index contributed by atoms with van der Waals surface area (Å²) in [4.78, 5) is 37.2. The lowest BCUT2D eigenvalue weighted by Gasteiger charge is -2.40. The molecule has 1 saturated carbocycles. The zero-order chi connectivity index (χ0) is 32.6. The number of anilines is 4. The summed E-state index contributed by atoms with van der Waals surface area (Å²) in [5, 5.41) is 18.5. The predicted octanol–water partition coefficient (Wildman–Crippen LogP) is 5.50. The molecular weight excluding hydrogens is 583 g/mol. The van der Waals surface area contributed by atoms with E-state index in [-0.39, 0.29) is 36.4 Å². The van der Waals surface area contributed by atoms with E-state index < -0.39 is 0 Å². The second kappa shape index (κ2) is 14.9. The molecule has 1 aliphatic carbocycles. The Kier molecular flexibility index (Phi) is 10.5. The van der Waals surface area contributed by atoms with Crippen LogP contribution in [0.1, 0.15) is 43.7 Å². The first-order chi connectivity index (χ1) is 22.2. The first kappa shape index (κ1) is 32.4. The molecule has 1 unspecified atom stereocenters. The van der Waals surface area contributed by atoms with E-state index in [9.17, 15) is 14.0 Å². The van der Waals surface area contributed by atoms with Crippen molar-refractivity contribution < 1.29 is 14.0 Å². The van der Waals surface area contributed by atoms with Gasteiger partial charge in [0.2, 0.25) is 5.91 Å². The van der Waals surface area contributed by atoms with Crippen LogP contribution in [0.4, 0.5) is 32.1 Å². The first-order valence-corrected chi connectivity index (χ1v) is 15.7. The van der Waals surface area contributed by atoms with Gasteiger partial charge < -0.3 is 25.8 Å². The van der Waals surface area contributed by atoms with Crippen LogP contribution in [0.5, 0.6) is 0 Å². The Labute approximate surface area is 269 Å². The van der Waals surface area contributed by atoms with E-state index in [2.05, 4.69) is 57.4 Å². The molecule has 3 aromatic rings. The molecule has 3 amide bonds. The Balaban J connectivity index is 1.39. The number of likely N-dealkylation sites (N-methyl/N-ethyl adjacent to an activating group) is 1. The van der Waals surface area contributed by atoms with Crippen LogP contribution < -0.4 is 25.8 Å². The Morgan fingerprint density at radius 1 is 1.13 bits per heavy atom. The Morgan fingerprint density at radius 3 is 2.61 bits per heavy atom. The Morgan fingerprint density at radius 2 is 1.93 bits per heavy atom. The van der Waals surface area contributed by atoms with E-state index in [1.165, 1.54) is 18.2 Å². The number of benzene rings is 2. The smallest absolute Gasteiger partial charge is 0.322 e. The highest BCUT2D eigenvalue weighted by Crippen LogP contribution is 2.36. The van der Waals surface area contributed by atoms with Crippen molar-refractivity contribution in [3.8, 4) is 6.07 Å². The maximum absolute atomic E-state index is 13.9. The minimum Gasteiger partial charge on any atom is -0.367 e. The summed E-state index contributed by atoms with van der Waals surface area (Å²) in [5.41, 5.74) is 3.33. The van der Waals surface area contributed by atoms with Gasteiger partial charge in [0.1, 0.15) is 17.7 Å². The van der Waals surface area contributed by atoms with Gasteiger partial charge in [0.25, 0.3) is 0 Å². The van der Waals surface area contributed by atoms with Crippen molar-refractivity contribution in [1.29, 1.82) is 5.26 Å². The molecule has 2 aromatic carbocycles. The van der Waals surface area contributed by atoms with Crippen LogP contribution in [-0.2, 0) is 11.3 Å². The van der Waals surface area contributed by atoms with Crippen molar-refractivity contribution in [1.82, 2.24) is 15.2 Å². The fourth-order valence-electron chi connectivity index (χ4n) is 6.14. The molecule has 11 heteroatoms. The van der Waals surface area contributed by atoms with Crippen molar-refractivity contribution >= 4 is 34.8 Å². The highest BCUT2D eigenvalue weighted by molar-refractivity contribution is 6.02. The predicted molar refractivity (Wildman–Crippen MR) is 179 cm³/mol. The summed E-state index contributed by atoms with van der Waals surface area (Å²) in [5.74, 6) is 0.0248. The molecule has 5 rings (SSSR count). The van der Waals surface area contributed by atoms with Crippen LogP contribution in [0.25, 0.3) is 0 Å². The van der Waals surface area contributed by atoms with Crippen molar-refractivity contribution in [3.63, 3.8) is 0 Å². The SMILES string of the molecule is C=CC(=O)Nc1cc(N(C(=O)NCc2cccc(F)c2)C2CCC(Nc3ccc(C#N)cn3)CC2)ccc1N1CCN(C)C(C)C1. The number of piperazine rings is 1. The summed E-state index contributed by atoms with van der Waals surface area (Å²) in [6.07, 6.45) is 5.85. The number of halogens is 1. The number of nitrogens with one attached hydrogen (secondary N) is 3.